The molecule has 12 nitrogen and oxygen atoms in total. The average Bonchev–Trinajstić information content (AvgIpc) is 3.93. The quantitative estimate of drug-likeness (QED) is 0.0449. The van der Waals surface area contributed by atoms with E-state index < -0.39 is 41.0 Å². The summed E-state index contributed by atoms with van der Waals surface area (Å²) in [6, 6.07) is 29.5. The highest BCUT2D eigenvalue weighted by molar-refractivity contribution is 8.00. The molecule has 5 heterocycles. The van der Waals surface area contributed by atoms with Crippen LogP contribution in [0.2, 0.25) is 0 Å². The first-order valence-electron chi connectivity index (χ1n) is 19.6. The molecule has 4 aliphatic rings. The third-order valence-electron chi connectivity index (χ3n) is 11.5. The molecule has 8 rings (SSSR count). The molecule has 3 fully saturated rings. The summed E-state index contributed by atoms with van der Waals surface area (Å²) in [5.74, 6) is -1.76. The van der Waals surface area contributed by atoms with Gasteiger partial charge in [-0.05, 0) is 36.5 Å². The number of likely N-dealkylation sites (tertiary alicyclic amines) is 1. The number of thiazole rings is 1. The lowest BCUT2D eigenvalue weighted by Gasteiger charge is -2.50. The van der Waals surface area contributed by atoms with Crippen LogP contribution in [0.3, 0.4) is 0 Å². The maximum atomic E-state index is 14.3. The third-order valence-corrected chi connectivity index (χ3v) is 13.6. The molecular formula is C43H47N6O6S2+. The van der Waals surface area contributed by atoms with Gasteiger partial charge in [0.15, 0.2) is 10.8 Å². The molecule has 0 saturated carbocycles. The molecule has 0 aliphatic carbocycles. The number of carbonyl (C=O) groups is 3. The van der Waals surface area contributed by atoms with Gasteiger partial charge in [0.2, 0.25) is 6.29 Å². The SMILES string of the molecule is CC[N+]1(CC2=C(C(=O)O)N3C(=O)C(NC(=O)C(=NOC4CCCCO4)c4csc(NC(c5ccccc5)(c5ccccc5)c5ccccc5)n4)[C@@H]3SC2)CCCC1. The van der Waals surface area contributed by atoms with Gasteiger partial charge in [-0.2, -0.15) is 0 Å². The Kier molecular flexibility index (Phi) is 11.5. The molecule has 0 bridgehead atoms. The molecule has 57 heavy (non-hydrogen) atoms. The third kappa shape index (κ3) is 7.71. The first kappa shape index (κ1) is 38.8. The fourth-order valence-electron chi connectivity index (χ4n) is 8.50. The lowest BCUT2D eigenvalue weighted by atomic mass is 9.77. The Morgan fingerprint density at radius 2 is 1.60 bits per heavy atom. The van der Waals surface area contributed by atoms with Gasteiger partial charge in [-0.25, -0.2) is 9.78 Å². The number of carboxylic acid groups (broad SMARTS) is 1. The summed E-state index contributed by atoms with van der Waals surface area (Å²) in [5.41, 5.74) is 3.09. The zero-order chi connectivity index (χ0) is 39.4. The Bertz CT molecular complexity index is 2040. The Balaban J connectivity index is 1.09. The number of benzene rings is 3. The van der Waals surface area contributed by atoms with E-state index in [4.69, 9.17) is 14.6 Å². The minimum Gasteiger partial charge on any atom is -0.477 e. The highest BCUT2D eigenvalue weighted by atomic mass is 32.2. The summed E-state index contributed by atoms with van der Waals surface area (Å²) in [6.45, 7) is 6.19. The number of likely N-dealkylation sites (N-methyl/N-ethyl adjacent to an activating group) is 1. The van der Waals surface area contributed by atoms with Gasteiger partial charge in [-0.3, -0.25) is 14.5 Å². The van der Waals surface area contributed by atoms with Gasteiger partial charge in [-0.1, -0.05) is 96.2 Å². The van der Waals surface area contributed by atoms with Crippen molar-refractivity contribution in [1.82, 2.24) is 15.2 Å². The molecule has 3 N–H and O–H groups in total. The van der Waals surface area contributed by atoms with Crippen molar-refractivity contribution in [3.63, 3.8) is 0 Å². The van der Waals surface area contributed by atoms with Crippen molar-refractivity contribution in [3.8, 4) is 0 Å². The number of aromatic nitrogens is 1. The summed E-state index contributed by atoms with van der Waals surface area (Å²) in [6.07, 6.45) is 4.03. The van der Waals surface area contributed by atoms with E-state index in [1.807, 2.05) is 54.6 Å². The fraction of sp³-hybridized carbons (Fsp3) is 0.372. The molecule has 1 aromatic heterocycles. The van der Waals surface area contributed by atoms with E-state index in [1.165, 1.54) is 28.0 Å². The summed E-state index contributed by atoms with van der Waals surface area (Å²) >= 11 is 2.80. The molecule has 2 amide bonds. The molecule has 2 unspecified atom stereocenters. The highest BCUT2D eigenvalue weighted by Gasteiger charge is 2.55. The van der Waals surface area contributed by atoms with Crippen LogP contribution in [0.25, 0.3) is 0 Å². The van der Waals surface area contributed by atoms with Crippen molar-refractivity contribution in [1.29, 1.82) is 0 Å². The molecule has 296 valence electrons. The number of fused-ring (bicyclic) bond motifs is 1. The van der Waals surface area contributed by atoms with Crippen LogP contribution in [0.4, 0.5) is 5.13 Å². The van der Waals surface area contributed by atoms with E-state index in [0.29, 0.717) is 30.5 Å². The minimum atomic E-state index is -1.12. The van der Waals surface area contributed by atoms with Crippen LogP contribution < -0.4 is 10.6 Å². The predicted molar refractivity (Wildman–Crippen MR) is 220 cm³/mol. The lowest BCUT2D eigenvalue weighted by molar-refractivity contribution is -0.910. The number of aliphatic carboxylic acids is 1. The maximum absolute atomic E-state index is 14.3. The van der Waals surface area contributed by atoms with Crippen molar-refractivity contribution in [2.24, 2.45) is 5.16 Å². The number of carbonyl (C=O) groups excluding carboxylic acids is 2. The molecular weight excluding hydrogens is 761 g/mol. The number of β-lactam (4-membered cyclic amide) rings is 1. The standard InChI is InChI=1S/C43H46N6O6S2/c1-2-49(23-13-14-24-49)26-29-27-56-40-36(39(51)48(40)37(29)41(52)53)45-38(50)35(47-55-34-22-12-15-25-54-34)33-28-57-42(44-33)46-43(30-16-6-3-7-17-30,31-18-8-4-9-19-31)32-20-10-5-11-21-32/h3-11,16-21,28,34,36,40H,2,12-15,22-27H2,1H3,(H2-,44,45,46,50,52,53)/p+1/t34?,36?,40-/m0/s1. The van der Waals surface area contributed by atoms with Gasteiger partial charge in [0, 0.05) is 36.0 Å². The molecule has 4 aliphatic heterocycles. The largest absolute Gasteiger partial charge is 0.477 e. The van der Waals surface area contributed by atoms with Gasteiger partial charge in [0.05, 0.1) is 26.2 Å². The number of ether oxygens (including phenoxy) is 1. The van der Waals surface area contributed by atoms with Crippen molar-refractivity contribution in [2.45, 2.75) is 62.3 Å². The van der Waals surface area contributed by atoms with Crippen LogP contribution in [0.1, 0.15) is 61.4 Å². The van der Waals surface area contributed by atoms with Gasteiger partial charge < -0.3 is 29.8 Å². The van der Waals surface area contributed by atoms with Crippen LogP contribution in [-0.2, 0) is 29.5 Å². The molecule has 3 aromatic carbocycles. The molecule has 3 saturated heterocycles. The second kappa shape index (κ2) is 16.8. The van der Waals surface area contributed by atoms with Crippen LogP contribution >= 0.6 is 23.1 Å². The number of anilines is 1. The number of rotatable bonds is 14. The topological polar surface area (TPSA) is 142 Å². The smallest absolute Gasteiger partial charge is 0.352 e. The summed E-state index contributed by atoms with van der Waals surface area (Å²) in [5, 5.41) is 23.0. The number of hydrogen-bond donors (Lipinski definition) is 3. The number of carboxylic acids is 1. The van der Waals surface area contributed by atoms with Crippen LogP contribution in [-0.4, -0.2) is 99.2 Å². The predicted octanol–water partition coefficient (Wildman–Crippen LogP) is 6.16. The second-order valence-corrected chi connectivity index (χ2v) is 16.9. The van der Waals surface area contributed by atoms with E-state index in [2.05, 4.69) is 59.1 Å². The van der Waals surface area contributed by atoms with E-state index in [1.54, 1.807) is 5.38 Å². The monoisotopic (exact) mass is 807 g/mol. The van der Waals surface area contributed by atoms with Crippen LogP contribution in [0, 0.1) is 0 Å². The Morgan fingerprint density at radius 1 is 0.965 bits per heavy atom. The maximum Gasteiger partial charge on any atom is 0.352 e. The van der Waals surface area contributed by atoms with Gasteiger partial charge in [0.25, 0.3) is 11.8 Å². The number of nitrogens with zero attached hydrogens (tertiary/aromatic N) is 4. The first-order chi connectivity index (χ1) is 27.8. The first-order valence-corrected chi connectivity index (χ1v) is 21.6. The summed E-state index contributed by atoms with van der Waals surface area (Å²) in [4.78, 5) is 52.8. The van der Waals surface area contributed by atoms with Gasteiger partial charge in [0.1, 0.15) is 34.9 Å². The average molecular weight is 808 g/mol. The van der Waals surface area contributed by atoms with Crippen molar-refractivity contribution in [2.75, 3.05) is 43.9 Å². The number of oxime groups is 1. The number of hydrogen-bond acceptors (Lipinski definition) is 10. The summed E-state index contributed by atoms with van der Waals surface area (Å²) < 4.78 is 6.58. The number of thioether (sulfide) groups is 1. The van der Waals surface area contributed by atoms with Crippen molar-refractivity contribution < 1.29 is 33.5 Å². The zero-order valence-electron chi connectivity index (χ0n) is 31.8. The van der Waals surface area contributed by atoms with E-state index >= 15 is 0 Å². The summed E-state index contributed by atoms with van der Waals surface area (Å²) in [7, 11) is 0. The normalized spacial score (nSPS) is 22.1. The Morgan fingerprint density at radius 3 is 2.16 bits per heavy atom. The second-order valence-electron chi connectivity index (χ2n) is 14.9. The van der Waals surface area contributed by atoms with Gasteiger partial charge >= 0.3 is 5.97 Å². The minimum absolute atomic E-state index is 0.0488. The van der Waals surface area contributed by atoms with E-state index in [-0.39, 0.29) is 17.1 Å². The zero-order valence-corrected chi connectivity index (χ0v) is 33.5. The van der Waals surface area contributed by atoms with Gasteiger partial charge in [-0.15, -0.1) is 23.1 Å². The lowest BCUT2D eigenvalue weighted by Crippen LogP contribution is -2.71. The molecule has 4 aromatic rings. The Labute approximate surface area is 340 Å². The molecule has 0 radical (unpaired) electrons. The van der Waals surface area contributed by atoms with Crippen LogP contribution in [0.15, 0.2) is 113 Å². The number of nitrogens with one attached hydrogen (secondary N) is 2. The number of amides is 2. The van der Waals surface area contributed by atoms with Crippen molar-refractivity contribution in [3.05, 3.63) is 130 Å². The molecule has 3 atom stereocenters. The van der Waals surface area contributed by atoms with E-state index in [9.17, 15) is 19.5 Å². The van der Waals surface area contributed by atoms with E-state index in [0.717, 1.165) is 72.1 Å². The fourth-order valence-corrected chi connectivity index (χ4v) is 10.6. The number of quaternary nitrogens is 1. The molecule has 0 spiro atoms. The van der Waals surface area contributed by atoms with Crippen molar-refractivity contribution >= 4 is 51.7 Å². The molecule has 14 heteroatoms. The highest BCUT2D eigenvalue weighted by Crippen LogP contribution is 2.43. The van der Waals surface area contributed by atoms with Crippen LogP contribution in [0.5, 0.6) is 0 Å². The Hall–Kier alpha value is -5.02.